The highest BCUT2D eigenvalue weighted by molar-refractivity contribution is 7.91. The smallest absolute Gasteiger partial charge is 0.335 e. The molecule has 7 nitrogen and oxygen atoms in total. The largest absolute Gasteiger partial charge is 0.478 e. The molecular formula is C15H19N3O4S. The average Bonchev–Trinajstić information content (AvgIpc) is 2.79. The van der Waals surface area contributed by atoms with E-state index in [1.807, 2.05) is 13.8 Å². The molecule has 0 amide bonds. The highest BCUT2D eigenvalue weighted by Crippen LogP contribution is 2.23. The number of hydrogen-bond donors (Lipinski definition) is 2. The molecule has 0 unspecified atom stereocenters. The zero-order chi connectivity index (χ0) is 17.2. The van der Waals surface area contributed by atoms with Crippen molar-refractivity contribution in [1.29, 1.82) is 0 Å². The van der Waals surface area contributed by atoms with E-state index in [1.54, 1.807) is 17.9 Å². The zero-order valence-electron chi connectivity index (χ0n) is 13.1. The van der Waals surface area contributed by atoms with Gasteiger partial charge >= 0.3 is 5.97 Å². The molecule has 0 aliphatic rings. The lowest BCUT2D eigenvalue weighted by atomic mass is 10.1. The fraction of sp³-hybridized carbons (Fsp3) is 0.333. The molecule has 1 heterocycles. The summed E-state index contributed by atoms with van der Waals surface area (Å²) >= 11 is 0. The van der Waals surface area contributed by atoms with Crippen molar-refractivity contribution in [3.8, 4) is 0 Å². The van der Waals surface area contributed by atoms with Crippen molar-refractivity contribution in [1.82, 2.24) is 9.78 Å². The monoisotopic (exact) mass is 337 g/mol. The SMILES string of the molecule is CC(C)c1nn(C)cc1NS(=O)(=O)Cc1ccc(C(=O)O)cc1. The number of nitrogens with one attached hydrogen (secondary N) is 1. The topological polar surface area (TPSA) is 101 Å². The molecule has 8 heteroatoms. The van der Waals surface area contributed by atoms with Crippen LogP contribution in [-0.2, 0) is 22.8 Å². The molecular weight excluding hydrogens is 318 g/mol. The Kier molecular flexibility index (Phi) is 4.74. The fourth-order valence-electron chi connectivity index (χ4n) is 2.18. The molecule has 1 aromatic heterocycles. The van der Waals surface area contributed by atoms with Crippen LogP contribution in [0.5, 0.6) is 0 Å². The fourth-order valence-corrected chi connectivity index (χ4v) is 3.37. The van der Waals surface area contributed by atoms with Crippen molar-refractivity contribution in [2.45, 2.75) is 25.5 Å². The van der Waals surface area contributed by atoms with Gasteiger partial charge in [-0.3, -0.25) is 9.40 Å². The number of carbonyl (C=O) groups is 1. The first kappa shape index (κ1) is 17.0. The molecule has 0 aliphatic heterocycles. The lowest BCUT2D eigenvalue weighted by Crippen LogP contribution is -2.16. The van der Waals surface area contributed by atoms with E-state index in [4.69, 9.17) is 5.11 Å². The van der Waals surface area contributed by atoms with Gasteiger partial charge in [-0.05, 0) is 23.6 Å². The molecule has 0 saturated carbocycles. The number of hydrogen-bond acceptors (Lipinski definition) is 4. The summed E-state index contributed by atoms with van der Waals surface area (Å²) in [5.41, 5.74) is 1.77. The Morgan fingerprint density at radius 3 is 2.43 bits per heavy atom. The summed E-state index contributed by atoms with van der Waals surface area (Å²) in [6, 6.07) is 5.76. The van der Waals surface area contributed by atoms with Crippen LogP contribution >= 0.6 is 0 Å². The number of sulfonamides is 1. The van der Waals surface area contributed by atoms with Crippen LogP contribution in [0.1, 0.15) is 41.4 Å². The average molecular weight is 337 g/mol. The van der Waals surface area contributed by atoms with Crippen LogP contribution in [0.4, 0.5) is 5.69 Å². The maximum Gasteiger partial charge on any atom is 0.335 e. The van der Waals surface area contributed by atoms with Crippen molar-refractivity contribution >= 4 is 21.7 Å². The first-order valence-electron chi connectivity index (χ1n) is 7.04. The van der Waals surface area contributed by atoms with Crippen LogP contribution in [0.25, 0.3) is 0 Å². The van der Waals surface area contributed by atoms with Gasteiger partial charge in [0.15, 0.2) is 0 Å². The lowest BCUT2D eigenvalue weighted by molar-refractivity contribution is 0.0697. The van der Waals surface area contributed by atoms with Gasteiger partial charge in [-0.25, -0.2) is 13.2 Å². The maximum atomic E-state index is 12.3. The highest BCUT2D eigenvalue weighted by Gasteiger charge is 2.18. The Morgan fingerprint density at radius 1 is 1.30 bits per heavy atom. The molecule has 0 radical (unpaired) electrons. The number of benzene rings is 1. The number of nitrogens with zero attached hydrogens (tertiary/aromatic N) is 2. The Morgan fingerprint density at radius 2 is 1.91 bits per heavy atom. The number of rotatable bonds is 6. The predicted molar refractivity (Wildman–Crippen MR) is 86.9 cm³/mol. The number of carboxylic acids is 1. The maximum absolute atomic E-state index is 12.3. The van der Waals surface area contributed by atoms with Gasteiger partial charge in [0.2, 0.25) is 10.0 Å². The van der Waals surface area contributed by atoms with E-state index in [-0.39, 0.29) is 17.2 Å². The van der Waals surface area contributed by atoms with Crippen molar-refractivity contribution in [3.63, 3.8) is 0 Å². The lowest BCUT2D eigenvalue weighted by Gasteiger charge is -2.09. The van der Waals surface area contributed by atoms with Crippen molar-refractivity contribution < 1.29 is 18.3 Å². The zero-order valence-corrected chi connectivity index (χ0v) is 14.0. The molecule has 0 aliphatic carbocycles. The van der Waals surface area contributed by atoms with Gasteiger partial charge in [0.25, 0.3) is 0 Å². The summed E-state index contributed by atoms with van der Waals surface area (Å²) in [7, 11) is -1.88. The third-order valence-corrected chi connectivity index (χ3v) is 4.47. The highest BCUT2D eigenvalue weighted by atomic mass is 32.2. The second kappa shape index (κ2) is 6.41. The molecule has 0 saturated heterocycles. The van der Waals surface area contributed by atoms with E-state index in [0.717, 1.165) is 0 Å². The van der Waals surface area contributed by atoms with Gasteiger partial charge in [0.05, 0.1) is 22.7 Å². The van der Waals surface area contributed by atoms with Crippen LogP contribution < -0.4 is 4.72 Å². The van der Waals surface area contributed by atoms with Crippen LogP contribution in [0.3, 0.4) is 0 Å². The standard InChI is InChI=1S/C15H19N3O4S/c1-10(2)14-13(8-18(3)16-14)17-23(21,22)9-11-4-6-12(7-5-11)15(19)20/h4-8,10,17H,9H2,1-3H3,(H,19,20). The molecule has 0 fully saturated rings. The Balaban J connectivity index is 2.18. The Labute approximate surface area is 135 Å². The van der Waals surface area contributed by atoms with Crippen LogP contribution in [0, 0.1) is 0 Å². The first-order chi connectivity index (χ1) is 10.7. The van der Waals surface area contributed by atoms with E-state index in [1.165, 1.54) is 24.3 Å². The summed E-state index contributed by atoms with van der Waals surface area (Å²) in [4.78, 5) is 10.8. The third kappa shape index (κ3) is 4.32. The summed E-state index contributed by atoms with van der Waals surface area (Å²) < 4.78 is 28.7. The molecule has 0 bridgehead atoms. The van der Waals surface area contributed by atoms with Crippen molar-refractivity contribution in [2.24, 2.45) is 7.05 Å². The van der Waals surface area contributed by atoms with Gasteiger partial charge in [-0.15, -0.1) is 0 Å². The van der Waals surface area contributed by atoms with E-state index in [2.05, 4.69) is 9.82 Å². The van der Waals surface area contributed by atoms with E-state index in [9.17, 15) is 13.2 Å². The van der Waals surface area contributed by atoms with Gasteiger partial charge in [-0.1, -0.05) is 26.0 Å². The quantitative estimate of drug-likeness (QED) is 0.841. The summed E-state index contributed by atoms with van der Waals surface area (Å²) in [6.07, 6.45) is 1.63. The Bertz CT molecular complexity index is 808. The number of anilines is 1. The predicted octanol–water partition coefficient (Wildman–Crippen LogP) is 2.18. The number of aromatic nitrogens is 2. The molecule has 2 aromatic rings. The van der Waals surface area contributed by atoms with E-state index < -0.39 is 16.0 Å². The van der Waals surface area contributed by atoms with Gasteiger partial charge in [0, 0.05) is 13.2 Å². The summed E-state index contributed by atoms with van der Waals surface area (Å²) in [6.45, 7) is 3.87. The van der Waals surface area contributed by atoms with Gasteiger partial charge < -0.3 is 5.11 Å². The van der Waals surface area contributed by atoms with Crippen LogP contribution in [0.15, 0.2) is 30.5 Å². The minimum absolute atomic E-state index is 0.0868. The summed E-state index contributed by atoms with van der Waals surface area (Å²) in [5, 5.41) is 13.1. The molecule has 0 atom stereocenters. The number of aromatic carboxylic acids is 1. The molecule has 124 valence electrons. The minimum Gasteiger partial charge on any atom is -0.478 e. The molecule has 2 N–H and O–H groups in total. The Hall–Kier alpha value is -2.35. The van der Waals surface area contributed by atoms with Gasteiger partial charge in [-0.2, -0.15) is 5.10 Å². The minimum atomic E-state index is -3.61. The molecule has 1 aromatic carbocycles. The third-order valence-electron chi connectivity index (χ3n) is 3.23. The molecule has 2 rings (SSSR count). The van der Waals surface area contributed by atoms with E-state index >= 15 is 0 Å². The summed E-state index contributed by atoms with van der Waals surface area (Å²) in [5.74, 6) is -1.20. The van der Waals surface area contributed by atoms with Crippen molar-refractivity contribution in [3.05, 3.63) is 47.3 Å². The second-order valence-electron chi connectivity index (χ2n) is 5.62. The normalized spacial score (nSPS) is 11.7. The van der Waals surface area contributed by atoms with E-state index in [0.29, 0.717) is 16.9 Å². The molecule has 0 spiro atoms. The van der Waals surface area contributed by atoms with Crippen LogP contribution in [0.2, 0.25) is 0 Å². The van der Waals surface area contributed by atoms with Crippen molar-refractivity contribution in [2.75, 3.05) is 4.72 Å². The number of aryl methyl sites for hydroxylation is 1. The number of carboxylic acid groups (broad SMARTS) is 1. The van der Waals surface area contributed by atoms with Crippen LogP contribution in [-0.4, -0.2) is 29.3 Å². The first-order valence-corrected chi connectivity index (χ1v) is 8.69. The van der Waals surface area contributed by atoms with Gasteiger partial charge in [0.1, 0.15) is 0 Å². The molecule has 23 heavy (non-hydrogen) atoms. The second-order valence-corrected chi connectivity index (χ2v) is 7.34.